The third kappa shape index (κ3) is 2.50. The molecule has 0 fully saturated rings. The number of carbonyl (C=O) groups excluding carboxylic acids is 1. The lowest BCUT2D eigenvalue weighted by atomic mass is 10.2. The molecule has 0 aliphatic heterocycles. The van der Waals surface area contributed by atoms with Gasteiger partial charge >= 0.3 is 0 Å². The molecule has 0 spiro atoms. The number of carbonyl (C=O) groups is 1. The molecule has 0 atom stereocenters. The molecule has 5 heteroatoms. The number of hydroxylamine groups is 1. The van der Waals surface area contributed by atoms with Gasteiger partial charge in [0.1, 0.15) is 0 Å². The highest BCUT2D eigenvalue weighted by Crippen LogP contribution is 2.00. The van der Waals surface area contributed by atoms with Gasteiger partial charge in [0, 0.05) is 18.3 Å². The zero-order valence-corrected chi connectivity index (χ0v) is 7.28. The van der Waals surface area contributed by atoms with Crippen LogP contribution in [0.4, 0.5) is 0 Å². The van der Waals surface area contributed by atoms with Gasteiger partial charge in [-0.3, -0.25) is 14.6 Å². The van der Waals surface area contributed by atoms with Crippen LogP contribution in [0.15, 0.2) is 18.3 Å². The van der Waals surface area contributed by atoms with Gasteiger partial charge in [-0.05, 0) is 12.1 Å². The van der Waals surface area contributed by atoms with Gasteiger partial charge < -0.3 is 5.73 Å². The Morgan fingerprint density at radius 1 is 1.77 bits per heavy atom. The molecule has 0 unspecified atom stereocenters. The van der Waals surface area contributed by atoms with Crippen LogP contribution in [-0.2, 0) is 11.4 Å². The number of pyridine rings is 1. The monoisotopic (exact) mass is 181 g/mol. The average molecular weight is 181 g/mol. The molecule has 1 heterocycles. The second-order valence-corrected chi connectivity index (χ2v) is 2.38. The van der Waals surface area contributed by atoms with Crippen molar-refractivity contribution in [2.75, 3.05) is 7.11 Å². The van der Waals surface area contributed by atoms with E-state index in [0.717, 1.165) is 0 Å². The van der Waals surface area contributed by atoms with Gasteiger partial charge in [0.05, 0.1) is 12.8 Å². The van der Waals surface area contributed by atoms with Crippen molar-refractivity contribution in [2.24, 2.45) is 5.73 Å². The maximum absolute atomic E-state index is 11.2. The molecular weight excluding hydrogens is 170 g/mol. The zero-order valence-electron chi connectivity index (χ0n) is 7.28. The minimum absolute atomic E-state index is 0.306. The summed E-state index contributed by atoms with van der Waals surface area (Å²) >= 11 is 0. The van der Waals surface area contributed by atoms with E-state index >= 15 is 0 Å². The standard InChI is InChI=1S/C8H11N3O2/c1-13-11-8(12)6-2-3-10-7(4-6)5-9/h2-4H,5,9H2,1H3,(H,11,12). The molecule has 70 valence electrons. The van der Waals surface area contributed by atoms with Crippen molar-refractivity contribution in [2.45, 2.75) is 6.54 Å². The fraction of sp³-hybridized carbons (Fsp3) is 0.250. The summed E-state index contributed by atoms with van der Waals surface area (Å²) in [6, 6.07) is 3.21. The maximum Gasteiger partial charge on any atom is 0.274 e. The van der Waals surface area contributed by atoms with Gasteiger partial charge in [0.15, 0.2) is 0 Å². The number of aromatic nitrogens is 1. The SMILES string of the molecule is CONC(=O)c1ccnc(CN)c1. The second kappa shape index (κ2) is 4.54. The highest BCUT2D eigenvalue weighted by atomic mass is 16.6. The van der Waals surface area contributed by atoms with E-state index in [1.54, 1.807) is 12.1 Å². The normalized spacial score (nSPS) is 9.69. The van der Waals surface area contributed by atoms with Crippen LogP contribution in [-0.4, -0.2) is 18.0 Å². The highest BCUT2D eigenvalue weighted by molar-refractivity contribution is 5.93. The van der Waals surface area contributed by atoms with E-state index in [-0.39, 0.29) is 5.91 Å². The molecule has 3 N–H and O–H groups in total. The number of hydrogen-bond donors (Lipinski definition) is 2. The molecule has 1 rings (SSSR count). The topological polar surface area (TPSA) is 77.2 Å². The summed E-state index contributed by atoms with van der Waals surface area (Å²) in [6.45, 7) is 0.314. The molecule has 1 amide bonds. The first-order valence-electron chi connectivity index (χ1n) is 3.76. The molecule has 13 heavy (non-hydrogen) atoms. The number of amides is 1. The summed E-state index contributed by atoms with van der Waals surface area (Å²) in [7, 11) is 1.38. The van der Waals surface area contributed by atoms with E-state index in [1.165, 1.54) is 13.3 Å². The van der Waals surface area contributed by atoms with E-state index in [4.69, 9.17) is 5.73 Å². The summed E-state index contributed by atoms with van der Waals surface area (Å²) < 4.78 is 0. The first kappa shape index (κ1) is 9.63. The first-order chi connectivity index (χ1) is 6.27. The van der Waals surface area contributed by atoms with Crippen LogP contribution in [0, 0.1) is 0 Å². The number of rotatable bonds is 3. The van der Waals surface area contributed by atoms with E-state index in [2.05, 4.69) is 15.3 Å². The Kier molecular flexibility index (Phi) is 3.36. The lowest BCUT2D eigenvalue weighted by Gasteiger charge is -2.02. The smallest absolute Gasteiger partial charge is 0.274 e. The largest absolute Gasteiger partial charge is 0.325 e. The summed E-state index contributed by atoms with van der Waals surface area (Å²) in [4.78, 5) is 19.6. The molecule has 0 aliphatic carbocycles. The van der Waals surface area contributed by atoms with Gasteiger partial charge in [-0.1, -0.05) is 0 Å². The van der Waals surface area contributed by atoms with Crippen molar-refractivity contribution in [1.29, 1.82) is 0 Å². The van der Waals surface area contributed by atoms with Crippen molar-refractivity contribution < 1.29 is 9.63 Å². The average Bonchev–Trinajstić information content (AvgIpc) is 2.18. The van der Waals surface area contributed by atoms with Crippen LogP contribution in [0.1, 0.15) is 16.1 Å². The number of nitrogens with zero attached hydrogens (tertiary/aromatic N) is 1. The lowest BCUT2D eigenvalue weighted by molar-refractivity contribution is 0.0537. The van der Waals surface area contributed by atoms with Gasteiger partial charge in [0.25, 0.3) is 5.91 Å². The van der Waals surface area contributed by atoms with Gasteiger partial charge in [-0.25, -0.2) is 5.48 Å². The number of nitrogens with two attached hydrogens (primary N) is 1. The first-order valence-corrected chi connectivity index (χ1v) is 3.76. The Balaban J connectivity index is 2.82. The molecule has 0 saturated heterocycles. The Morgan fingerprint density at radius 3 is 3.15 bits per heavy atom. The van der Waals surface area contributed by atoms with Gasteiger partial charge in [0.2, 0.25) is 0 Å². The molecule has 0 saturated carbocycles. The van der Waals surface area contributed by atoms with E-state index in [0.29, 0.717) is 17.8 Å². The summed E-state index contributed by atoms with van der Waals surface area (Å²) in [6.07, 6.45) is 1.53. The molecule has 0 aliphatic rings. The minimum Gasteiger partial charge on any atom is -0.325 e. The van der Waals surface area contributed by atoms with E-state index in [9.17, 15) is 4.79 Å². The van der Waals surface area contributed by atoms with Crippen LogP contribution in [0.2, 0.25) is 0 Å². The molecule has 0 radical (unpaired) electrons. The fourth-order valence-corrected chi connectivity index (χ4v) is 0.883. The molecular formula is C8H11N3O2. The molecule has 1 aromatic rings. The van der Waals surface area contributed by atoms with Crippen molar-refractivity contribution in [3.05, 3.63) is 29.6 Å². The summed E-state index contributed by atoms with van der Waals surface area (Å²) in [5, 5.41) is 0. The van der Waals surface area contributed by atoms with Crippen LogP contribution in [0.3, 0.4) is 0 Å². The van der Waals surface area contributed by atoms with Crippen LogP contribution >= 0.6 is 0 Å². The van der Waals surface area contributed by atoms with Crippen molar-refractivity contribution in [1.82, 2.24) is 10.5 Å². The Labute approximate surface area is 75.9 Å². The second-order valence-electron chi connectivity index (χ2n) is 2.38. The Bertz CT molecular complexity index is 301. The van der Waals surface area contributed by atoms with Crippen LogP contribution in [0.25, 0.3) is 0 Å². The maximum atomic E-state index is 11.2. The van der Waals surface area contributed by atoms with E-state index < -0.39 is 0 Å². The van der Waals surface area contributed by atoms with Crippen LogP contribution in [0.5, 0.6) is 0 Å². The third-order valence-corrected chi connectivity index (χ3v) is 1.48. The summed E-state index contributed by atoms with van der Waals surface area (Å²) in [5.41, 5.74) is 8.73. The Hall–Kier alpha value is -1.46. The molecule has 5 nitrogen and oxygen atoms in total. The molecule has 0 aromatic carbocycles. The van der Waals surface area contributed by atoms with Crippen molar-refractivity contribution in [3.63, 3.8) is 0 Å². The summed E-state index contributed by atoms with van der Waals surface area (Å²) in [5.74, 6) is -0.306. The lowest BCUT2D eigenvalue weighted by Crippen LogP contribution is -2.22. The third-order valence-electron chi connectivity index (χ3n) is 1.48. The van der Waals surface area contributed by atoms with Crippen LogP contribution < -0.4 is 11.2 Å². The van der Waals surface area contributed by atoms with Crippen molar-refractivity contribution >= 4 is 5.91 Å². The number of hydrogen-bond acceptors (Lipinski definition) is 4. The molecule has 0 bridgehead atoms. The highest BCUT2D eigenvalue weighted by Gasteiger charge is 2.04. The van der Waals surface area contributed by atoms with Crippen molar-refractivity contribution in [3.8, 4) is 0 Å². The number of nitrogens with one attached hydrogen (secondary N) is 1. The predicted molar refractivity (Wildman–Crippen MR) is 46.6 cm³/mol. The predicted octanol–water partition coefficient (Wildman–Crippen LogP) is -0.169. The Morgan fingerprint density at radius 2 is 2.54 bits per heavy atom. The zero-order chi connectivity index (χ0) is 9.68. The van der Waals surface area contributed by atoms with E-state index in [1.807, 2.05) is 0 Å². The molecule has 1 aromatic heterocycles. The fourth-order valence-electron chi connectivity index (χ4n) is 0.883. The van der Waals surface area contributed by atoms with Gasteiger partial charge in [-0.2, -0.15) is 0 Å². The minimum atomic E-state index is -0.306. The van der Waals surface area contributed by atoms with Gasteiger partial charge in [-0.15, -0.1) is 0 Å². The quantitative estimate of drug-likeness (QED) is 0.635.